The number of aryl methyl sites for hydroxylation is 1. The predicted octanol–water partition coefficient (Wildman–Crippen LogP) is 2.86. The van der Waals surface area contributed by atoms with Gasteiger partial charge in [-0.1, -0.05) is 37.5 Å². The van der Waals surface area contributed by atoms with Crippen LogP contribution in [0, 0.1) is 6.92 Å². The first kappa shape index (κ1) is 15.3. The average Bonchev–Trinajstić information content (AvgIpc) is 2.63. The van der Waals surface area contributed by atoms with Crippen molar-refractivity contribution < 1.29 is 0 Å². The summed E-state index contributed by atoms with van der Waals surface area (Å²) in [5.74, 6) is 1.36. The lowest BCUT2D eigenvalue weighted by Gasteiger charge is -2.35. The average molecular weight is 324 g/mol. The zero-order valence-electron chi connectivity index (χ0n) is 14.1. The maximum Gasteiger partial charge on any atom is 0.230 e. The topological polar surface area (TPSA) is 65.4 Å². The molecule has 1 aliphatic carbocycles. The second-order valence-electron chi connectivity index (χ2n) is 6.64. The molecule has 0 spiro atoms. The number of rotatable bonds is 2. The molecule has 1 aliphatic heterocycles. The fourth-order valence-corrected chi connectivity index (χ4v) is 3.62. The summed E-state index contributed by atoms with van der Waals surface area (Å²) >= 11 is 0. The summed E-state index contributed by atoms with van der Waals surface area (Å²) in [6, 6.07) is 8.74. The SMILES string of the molecule is Cc1nc(NC2=NCN(C3CCCCC3)CN2)nc2ccccc12. The Bertz CT molecular complexity index is 750. The molecule has 2 heterocycles. The molecule has 6 nitrogen and oxygen atoms in total. The highest BCUT2D eigenvalue weighted by Crippen LogP contribution is 2.23. The van der Waals surface area contributed by atoms with Crippen LogP contribution >= 0.6 is 0 Å². The molecule has 2 N–H and O–H groups in total. The number of anilines is 1. The number of aromatic nitrogens is 2. The molecular weight excluding hydrogens is 300 g/mol. The normalized spacial score (nSPS) is 19.8. The minimum Gasteiger partial charge on any atom is -0.343 e. The molecule has 2 aliphatic rings. The van der Waals surface area contributed by atoms with Crippen molar-refractivity contribution in [2.24, 2.45) is 4.99 Å². The first-order chi connectivity index (χ1) is 11.8. The van der Waals surface area contributed by atoms with E-state index < -0.39 is 0 Å². The molecule has 0 amide bonds. The van der Waals surface area contributed by atoms with Crippen LogP contribution < -0.4 is 10.6 Å². The number of hydrogen-bond donors (Lipinski definition) is 2. The number of aliphatic imine (C=N–C) groups is 1. The Morgan fingerprint density at radius 1 is 1.12 bits per heavy atom. The molecule has 1 fully saturated rings. The van der Waals surface area contributed by atoms with E-state index in [-0.39, 0.29) is 0 Å². The van der Waals surface area contributed by atoms with Gasteiger partial charge < -0.3 is 5.32 Å². The van der Waals surface area contributed by atoms with E-state index in [1.165, 1.54) is 32.1 Å². The number of benzene rings is 1. The van der Waals surface area contributed by atoms with Gasteiger partial charge in [-0.2, -0.15) is 0 Å². The van der Waals surface area contributed by atoms with Gasteiger partial charge in [0.25, 0.3) is 0 Å². The highest BCUT2D eigenvalue weighted by atomic mass is 15.4. The molecule has 24 heavy (non-hydrogen) atoms. The number of guanidine groups is 1. The van der Waals surface area contributed by atoms with E-state index in [1.54, 1.807) is 0 Å². The van der Waals surface area contributed by atoms with Crippen molar-refractivity contribution in [3.05, 3.63) is 30.0 Å². The summed E-state index contributed by atoms with van der Waals surface area (Å²) in [4.78, 5) is 16.2. The summed E-state index contributed by atoms with van der Waals surface area (Å²) in [5, 5.41) is 7.68. The van der Waals surface area contributed by atoms with Crippen LogP contribution in [0.15, 0.2) is 29.3 Å². The van der Waals surface area contributed by atoms with Gasteiger partial charge >= 0.3 is 0 Å². The summed E-state index contributed by atoms with van der Waals surface area (Å²) in [6.45, 7) is 3.59. The van der Waals surface area contributed by atoms with E-state index in [1.807, 2.05) is 31.2 Å². The summed E-state index contributed by atoms with van der Waals surface area (Å²) in [5.41, 5.74) is 1.93. The van der Waals surface area contributed by atoms with Crippen LogP contribution in [0.2, 0.25) is 0 Å². The Labute approximate surface area is 142 Å². The fourth-order valence-electron chi connectivity index (χ4n) is 3.62. The highest BCUT2D eigenvalue weighted by molar-refractivity contribution is 5.93. The van der Waals surface area contributed by atoms with E-state index in [0.29, 0.717) is 12.0 Å². The molecule has 126 valence electrons. The molecule has 1 saturated carbocycles. The van der Waals surface area contributed by atoms with E-state index in [0.717, 1.165) is 35.9 Å². The van der Waals surface area contributed by atoms with Crippen molar-refractivity contribution in [1.29, 1.82) is 0 Å². The molecule has 1 aromatic heterocycles. The number of hydrogen-bond acceptors (Lipinski definition) is 6. The largest absolute Gasteiger partial charge is 0.343 e. The molecule has 0 bridgehead atoms. The molecule has 0 unspecified atom stereocenters. The van der Waals surface area contributed by atoms with Gasteiger partial charge in [0.05, 0.1) is 24.5 Å². The Kier molecular flexibility index (Phi) is 4.30. The van der Waals surface area contributed by atoms with Crippen molar-refractivity contribution in [2.45, 2.75) is 45.1 Å². The minimum absolute atomic E-state index is 0.601. The number of fused-ring (bicyclic) bond motifs is 1. The quantitative estimate of drug-likeness (QED) is 0.889. The second-order valence-corrected chi connectivity index (χ2v) is 6.64. The lowest BCUT2D eigenvalue weighted by atomic mass is 9.94. The van der Waals surface area contributed by atoms with E-state index in [9.17, 15) is 0 Å². The number of nitrogens with zero attached hydrogens (tertiary/aromatic N) is 4. The maximum atomic E-state index is 4.63. The zero-order chi connectivity index (χ0) is 16.4. The van der Waals surface area contributed by atoms with Gasteiger partial charge in [-0.05, 0) is 25.8 Å². The van der Waals surface area contributed by atoms with Gasteiger partial charge in [0.2, 0.25) is 11.9 Å². The number of para-hydroxylation sites is 1. The van der Waals surface area contributed by atoms with Gasteiger partial charge in [0, 0.05) is 11.4 Å². The van der Waals surface area contributed by atoms with Gasteiger partial charge in [0.1, 0.15) is 0 Å². The summed E-state index contributed by atoms with van der Waals surface area (Å²) in [7, 11) is 0. The lowest BCUT2D eigenvalue weighted by molar-refractivity contribution is 0.150. The third kappa shape index (κ3) is 3.19. The van der Waals surface area contributed by atoms with Crippen LogP contribution in [-0.2, 0) is 0 Å². The van der Waals surface area contributed by atoms with Crippen molar-refractivity contribution in [3.8, 4) is 0 Å². The van der Waals surface area contributed by atoms with Crippen LogP contribution in [0.5, 0.6) is 0 Å². The Hall–Kier alpha value is -2.21. The first-order valence-electron chi connectivity index (χ1n) is 8.82. The van der Waals surface area contributed by atoms with Gasteiger partial charge in [-0.25, -0.2) is 15.0 Å². The highest BCUT2D eigenvalue weighted by Gasteiger charge is 2.23. The molecular formula is C18H24N6. The smallest absolute Gasteiger partial charge is 0.230 e. The molecule has 6 heteroatoms. The van der Waals surface area contributed by atoms with Crippen LogP contribution in [0.25, 0.3) is 10.9 Å². The standard InChI is InChI=1S/C18H24N6/c1-13-15-9-5-6-10-16(15)22-18(21-13)23-17-19-11-24(12-20-17)14-7-3-2-4-8-14/h5-6,9-10,14H,2-4,7-8,11-12H2,1H3,(H2,19,20,21,22,23). The van der Waals surface area contributed by atoms with Gasteiger partial charge in [0.15, 0.2) is 0 Å². The van der Waals surface area contributed by atoms with Crippen LogP contribution in [0.1, 0.15) is 37.8 Å². The van der Waals surface area contributed by atoms with Crippen molar-refractivity contribution >= 4 is 22.8 Å². The van der Waals surface area contributed by atoms with E-state index >= 15 is 0 Å². The zero-order valence-corrected chi connectivity index (χ0v) is 14.1. The summed E-state index contributed by atoms with van der Waals surface area (Å²) in [6.07, 6.45) is 6.67. The van der Waals surface area contributed by atoms with E-state index in [4.69, 9.17) is 0 Å². The van der Waals surface area contributed by atoms with Gasteiger partial charge in [-0.3, -0.25) is 10.2 Å². The molecule has 4 rings (SSSR count). The van der Waals surface area contributed by atoms with Crippen LogP contribution in [0.3, 0.4) is 0 Å². The van der Waals surface area contributed by atoms with Crippen molar-refractivity contribution in [3.63, 3.8) is 0 Å². The van der Waals surface area contributed by atoms with Crippen molar-refractivity contribution in [2.75, 3.05) is 18.7 Å². The minimum atomic E-state index is 0.601. The Morgan fingerprint density at radius 3 is 2.75 bits per heavy atom. The van der Waals surface area contributed by atoms with Gasteiger partial charge in [-0.15, -0.1) is 0 Å². The molecule has 1 aromatic carbocycles. The lowest BCUT2D eigenvalue weighted by Crippen LogP contribution is -2.50. The van der Waals surface area contributed by atoms with E-state index in [2.05, 4.69) is 30.5 Å². The molecule has 2 aromatic rings. The molecule has 0 saturated heterocycles. The number of nitrogens with one attached hydrogen (secondary N) is 2. The summed E-state index contributed by atoms with van der Waals surface area (Å²) < 4.78 is 0. The molecule has 0 atom stereocenters. The van der Waals surface area contributed by atoms with Crippen molar-refractivity contribution in [1.82, 2.24) is 20.2 Å². The maximum absolute atomic E-state index is 4.63. The Morgan fingerprint density at radius 2 is 1.96 bits per heavy atom. The first-order valence-corrected chi connectivity index (χ1v) is 8.82. The third-order valence-corrected chi connectivity index (χ3v) is 4.98. The monoisotopic (exact) mass is 324 g/mol. The third-order valence-electron chi connectivity index (χ3n) is 4.98. The fraction of sp³-hybridized carbons (Fsp3) is 0.500. The predicted molar refractivity (Wildman–Crippen MR) is 96.9 cm³/mol. The second kappa shape index (κ2) is 6.73. The van der Waals surface area contributed by atoms with Crippen LogP contribution in [-0.4, -0.2) is 40.2 Å². The van der Waals surface area contributed by atoms with Crippen LogP contribution in [0.4, 0.5) is 5.95 Å². The molecule has 0 radical (unpaired) electrons. The Balaban J connectivity index is 1.45.